The number of rotatable bonds is 3. The topological polar surface area (TPSA) is 30.2 Å². The third-order valence-corrected chi connectivity index (χ3v) is 2.41. The SMILES string of the molecule is BrCCCc1cc2ncccn2n1. The fourth-order valence-corrected chi connectivity index (χ4v) is 1.53. The largest absolute Gasteiger partial charge is 0.237 e. The molecule has 0 atom stereocenters. The maximum absolute atomic E-state index is 4.38. The lowest BCUT2D eigenvalue weighted by Crippen LogP contribution is -1.89. The molecule has 0 aliphatic heterocycles. The third kappa shape index (κ3) is 1.88. The van der Waals surface area contributed by atoms with Crippen LogP contribution in [0.15, 0.2) is 24.5 Å². The van der Waals surface area contributed by atoms with Crippen LogP contribution >= 0.6 is 15.9 Å². The molecule has 0 aliphatic rings. The summed E-state index contributed by atoms with van der Waals surface area (Å²) in [7, 11) is 0. The molecule has 0 N–H and O–H groups in total. The Kier molecular flexibility index (Phi) is 2.59. The van der Waals surface area contributed by atoms with Gasteiger partial charge in [-0.1, -0.05) is 15.9 Å². The van der Waals surface area contributed by atoms with Gasteiger partial charge >= 0.3 is 0 Å². The van der Waals surface area contributed by atoms with Crippen LogP contribution in [-0.2, 0) is 6.42 Å². The average Bonchev–Trinajstić information content (AvgIpc) is 2.57. The number of nitrogens with zero attached hydrogens (tertiary/aromatic N) is 3. The first-order valence-corrected chi connectivity index (χ1v) is 5.37. The molecule has 68 valence electrons. The second-order valence-corrected chi connectivity index (χ2v) is 3.64. The van der Waals surface area contributed by atoms with E-state index in [0.29, 0.717) is 0 Å². The fourth-order valence-electron chi connectivity index (χ4n) is 1.25. The van der Waals surface area contributed by atoms with Crippen LogP contribution in [-0.4, -0.2) is 19.9 Å². The van der Waals surface area contributed by atoms with Gasteiger partial charge in [0, 0.05) is 23.8 Å². The predicted octanol–water partition coefficient (Wildman–Crippen LogP) is 2.06. The molecule has 2 rings (SSSR count). The number of aromatic nitrogens is 3. The van der Waals surface area contributed by atoms with Gasteiger partial charge < -0.3 is 0 Å². The van der Waals surface area contributed by atoms with Crippen molar-refractivity contribution in [1.82, 2.24) is 14.6 Å². The van der Waals surface area contributed by atoms with Crippen molar-refractivity contribution in [3.05, 3.63) is 30.2 Å². The van der Waals surface area contributed by atoms with Crippen molar-refractivity contribution < 1.29 is 0 Å². The van der Waals surface area contributed by atoms with E-state index in [1.807, 2.05) is 22.8 Å². The average molecular weight is 240 g/mol. The smallest absolute Gasteiger partial charge is 0.155 e. The zero-order chi connectivity index (χ0) is 9.10. The van der Waals surface area contributed by atoms with Crippen LogP contribution in [0, 0.1) is 0 Å². The van der Waals surface area contributed by atoms with Crippen molar-refractivity contribution in [2.24, 2.45) is 0 Å². The van der Waals surface area contributed by atoms with E-state index in [9.17, 15) is 0 Å². The summed E-state index contributed by atoms with van der Waals surface area (Å²) in [5.74, 6) is 0. The van der Waals surface area contributed by atoms with Gasteiger partial charge in [-0.2, -0.15) is 5.10 Å². The summed E-state index contributed by atoms with van der Waals surface area (Å²) >= 11 is 3.40. The molecule has 2 heterocycles. The number of hydrogen-bond donors (Lipinski definition) is 0. The summed E-state index contributed by atoms with van der Waals surface area (Å²) in [4.78, 5) is 4.20. The van der Waals surface area contributed by atoms with E-state index in [4.69, 9.17) is 0 Å². The molecule has 0 aliphatic carbocycles. The summed E-state index contributed by atoms with van der Waals surface area (Å²) in [5.41, 5.74) is 2.03. The predicted molar refractivity (Wildman–Crippen MR) is 55.1 cm³/mol. The van der Waals surface area contributed by atoms with Crippen LogP contribution in [0.3, 0.4) is 0 Å². The van der Waals surface area contributed by atoms with Gasteiger partial charge in [-0.05, 0) is 18.9 Å². The molecular formula is C9H10BrN3. The third-order valence-electron chi connectivity index (χ3n) is 1.85. The minimum Gasteiger partial charge on any atom is -0.237 e. The molecule has 0 unspecified atom stereocenters. The lowest BCUT2D eigenvalue weighted by molar-refractivity contribution is 0.840. The van der Waals surface area contributed by atoms with Gasteiger partial charge in [-0.25, -0.2) is 9.50 Å². The Hall–Kier alpha value is -0.900. The first kappa shape index (κ1) is 8.69. The number of hydrogen-bond acceptors (Lipinski definition) is 2. The highest BCUT2D eigenvalue weighted by atomic mass is 79.9. The van der Waals surface area contributed by atoms with E-state index in [1.54, 1.807) is 6.20 Å². The van der Waals surface area contributed by atoms with Gasteiger partial charge in [-0.3, -0.25) is 0 Å². The first-order valence-electron chi connectivity index (χ1n) is 4.25. The number of alkyl halides is 1. The second-order valence-electron chi connectivity index (χ2n) is 2.85. The highest BCUT2D eigenvalue weighted by Crippen LogP contribution is 2.05. The number of halogens is 1. The van der Waals surface area contributed by atoms with Gasteiger partial charge in [0.25, 0.3) is 0 Å². The Morgan fingerprint density at radius 3 is 3.15 bits per heavy atom. The van der Waals surface area contributed by atoms with Crippen molar-refractivity contribution in [1.29, 1.82) is 0 Å². The monoisotopic (exact) mass is 239 g/mol. The van der Waals surface area contributed by atoms with Crippen LogP contribution in [0.25, 0.3) is 5.65 Å². The summed E-state index contributed by atoms with van der Waals surface area (Å²) in [6.45, 7) is 0. The Morgan fingerprint density at radius 1 is 1.46 bits per heavy atom. The van der Waals surface area contributed by atoms with E-state index in [0.717, 1.165) is 29.5 Å². The van der Waals surface area contributed by atoms with Gasteiger partial charge in [0.15, 0.2) is 5.65 Å². The molecule has 0 bridgehead atoms. The van der Waals surface area contributed by atoms with E-state index in [-0.39, 0.29) is 0 Å². The van der Waals surface area contributed by atoms with Crippen molar-refractivity contribution in [2.75, 3.05) is 5.33 Å². The minimum atomic E-state index is 0.923. The second kappa shape index (κ2) is 3.87. The summed E-state index contributed by atoms with van der Waals surface area (Å²) in [6, 6.07) is 3.91. The molecule has 2 aromatic rings. The van der Waals surface area contributed by atoms with E-state index in [1.165, 1.54) is 0 Å². The quantitative estimate of drug-likeness (QED) is 0.768. The van der Waals surface area contributed by atoms with Gasteiger partial charge in [-0.15, -0.1) is 0 Å². The molecule has 0 fully saturated rings. The van der Waals surface area contributed by atoms with Crippen LogP contribution in [0.4, 0.5) is 0 Å². The van der Waals surface area contributed by atoms with Gasteiger partial charge in [0.1, 0.15) is 0 Å². The molecule has 0 radical (unpaired) electrons. The lowest BCUT2D eigenvalue weighted by atomic mass is 10.2. The first-order chi connectivity index (χ1) is 6.40. The van der Waals surface area contributed by atoms with E-state index >= 15 is 0 Å². The summed E-state index contributed by atoms with van der Waals surface area (Å²) in [5, 5.41) is 5.41. The maximum atomic E-state index is 4.38. The zero-order valence-corrected chi connectivity index (χ0v) is 8.74. The van der Waals surface area contributed by atoms with Crippen LogP contribution in [0.1, 0.15) is 12.1 Å². The zero-order valence-electron chi connectivity index (χ0n) is 7.15. The van der Waals surface area contributed by atoms with Crippen molar-refractivity contribution >= 4 is 21.6 Å². The molecule has 3 nitrogen and oxygen atoms in total. The highest BCUT2D eigenvalue weighted by Gasteiger charge is 2.00. The molecule has 0 saturated carbocycles. The van der Waals surface area contributed by atoms with Gasteiger partial charge in [0.05, 0.1) is 5.69 Å². The van der Waals surface area contributed by atoms with E-state index < -0.39 is 0 Å². The van der Waals surface area contributed by atoms with Crippen molar-refractivity contribution in [3.8, 4) is 0 Å². The summed E-state index contributed by atoms with van der Waals surface area (Å²) < 4.78 is 1.81. The lowest BCUT2D eigenvalue weighted by Gasteiger charge is -1.89. The van der Waals surface area contributed by atoms with Crippen LogP contribution < -0.4 is 0 Å². The van der Waals surface area contributed by atoms with Crippen LogP contribution in [0.2, 0.25) is 0 Å². The Bertz CT molecular complexity index is 363. The number of aryl methyl sites for hydroxylation is 1. The van der Waals surface area contributed by atoms with Crippen molar-refractivity contribution in [3.63, 3.8) is 0 Å². The molecule has 0 aromatic carbocycles. The molecule has 0 amide bonds. The molecule has 2 aromatic heterocycles. The molecule has 0 saturated heterocycles. The molecular weight excluding hydrogens is 230 g/mol. The number of fused-ring (bicyclic) bond motifs is 1. The Balaban J connectivity index is 2.28. The van der Waals surface area contributed by atoms with E-state index in [2.05, 4.69) is 26.0 Å². The van der Waals surface area contributed by atoms with Crippen LogP contribution in [0.5, 0.6) is 0 Å². The molecule has 0 spiro atoms. The van der Waals surface area contributed by atoms with Gasteiger partial charge in [0.2, 0.25) is 0 Å². The normalized spacial score (nSPS) is 10.8. The standard InChI is InChI=1S/C9H10BrN3/c10-4-1-3-8-7-9-11-5-2-6-13(9)12-8/h2,5-7H,1,3-4H2. The molecule has 13 heavy (non-hydrogen) atoms. The Labute approximate surface area is 84.9 Å². The highest BCUT2D eigenvalue weighted by molar-refractivity contribution is 9.09. The van der Waals surface area contributed by atoms with Crippen molar-refractivity contribution in [2.45, 2.75) is 12.8 Å². The maximum Gasteiger partial charge on any atom is 0.155 e. The fraction of sp³-hybridized carbons (Fsp3) is 0.333. The Morgan fingerprint density at radius 2 is 2.38 bits per heavy atom. The minimum absolute atomic E-state index is 0.923. The molecule has 4 heteroatoms. The summed E-state index contributed by atoms with van der Waals surface area (Å²) in [6.07, 6.45) is 5.82.